The van der Waals surface area contributed by atoms with Crippen molar-refractivity contribution in [3.05, 3.63) is 18.2 Å². The summed E-state index contributed by atoms with van der Waals surface area (Å²) >= 11 is 0. The molecule has 4 heteroatoms. The van der Waals surface area contributed by atoms with Gasteiger partial charge in [-0.3, -0.25) is 0 Å². The molecule has 18 heavy (non-hydrogen) atoms. The van der Waals surface area contributed by atoms with Gasteiger partial charge in [0, 0.05) is 12.6 Å². The molecule has 0 aromatic heterocycles. The molecule has 1 rings (SSSR count). The van der Waals surface area contributed by atoms with Gasteiger partial charge in [0.1, 0.15) is 5.75 Å². The van der Waals surface area contributed by atoms with Crippen molar-refractivity contribution in [1.82, 2.24) is 4.90 Å². The normalized spacial score (nSPS) is 12.5. The monoisotopic (exact) mass is 251 g/mol. The Morgan fingerprint density at radius 3 is 2.56 bits per heavy atom. The first-order chi connectivity index (χ1) is 8.62. The van der Waals surface area contributed by atoms with Crippen molar-refractivity contribution < 1.29 is 4.74 Å². The molecular formula is C14H25N3O. The summed E-state index contributed by atoms with van der Waals surface area (Å²) in [5.41, 5.74) is 7.65. The van der Waals surface area contributed by atoms with Crippen molar-refractivity contribution in [3.8, 4) is 5.75 Å². The number of rotatable bonds is 7. The van der Waals surface area contributed by atoms with Gasteiger partial charge in [-0.15, -0.1) is 0 Å². The summed E-state index contributed by atoms with van der Waals surface area (Å²) in [6, 6.07) is 6.15. The minimum atomic E-state index is 0.347. The van der Waals surface area contributed by atoms with Crippen molar-refractivity contribution in [2.24, 2.45) is 0 Å². The minimum absolute atomic E-state index is 0.347. The third kappa shape index (κ3) is 3.81. The SMILES string of the molecule is CCN(CC)CC(C)Nc1cccc(OC)c1N. The number of nitrogens with two attached hydrogens (primary N) is 1. The molecule has 0 heterocycles. The van der Waals surface area contributed by atoms with Gasteiger partial charge in [0.25, 0.3) is 0 Å². The Kier molecular flexibility index (Phi) is 5.78. The van der Waals surface area contributed by atoms with E-state index in [1.807, 2.05) is 18.2 Å². The molecule has 102 valence electrons. The van der Waals surface area contributed by atoms with Crippen LogP contribution in [0.2, 0.25) is 0 Å². The van der Waals surface area contributed by atoms with E-state index in [0.29, 0.717) is 11.7 Å². The lowest BCUT2D eigenvalue weighted by molar-refractivity contribution is 0.295. The quantitative estimate of drug-likeness (QED) is 0.731. The van der Waals surface area contributed by atoms with Crippen molar-refractivity contribution in [3.63, 3.8) is 0 Å². The van der Waals surface area contributed by atoms with Gasteiger partial charge in [0.05, 0.1) is 18.5 Å². The number of methoxy groups -OCH3 is 1. The van der Waals surface area contributed by atoms with Crippen LogP contribution in [-0.2, 0) is 0 Å². The van der Waals surface area contributed by atoms with Crippen LogP contribution < -0.4 is 15.8 Å². The van der Waals surface area contributed by atoms with E-state index in [1.165, 1.54) is 0 Å². The van der Waals surface area contributed by atoms with Gasteiger partial charge in [-0.1, -0.05) is 19.9 Å². The Balaban J connectivity index is 2.67. The Hall–Kier alpha value is -1.42. The second kappa shape index (κ2) is 7.11. The predicted molar refractivity (Wildman–Crippen MR) is 78.3 cm³/mol. The standard InChI is InChI=1S/C14H25N3O/c1-5-17(6-2)10-11(3)16-12-8-7-9-13(18-4)14(12)15/h7-9,11,16H,5-6,10,15H2,1-4H3. The largest absolute Gasteiger partial charge is 0.495 e. The van der Waals surface area contributed by atoms with Crippen LogP contribution in [0.3, 0.4) is 0 Å². The fraction of sp³-hybridized carbons (Fsp3) is 0.571. The van der Waals surface area contributed by atoms with Gasteiger partial charge in [-0.2, -0.15) is 0 Å². The molecule has 0 aliphatic carbocycles. The number of nitrogens with zero attached hydrogens (tertiary/aromatic N) is 1. The first kappa shape index (κ1) is 14.6. The molecule has 0 bridgehead atoms. The molecule has 3 N–H and O–H groups in total. The third-order valence-electron chi connectivity index (χ3n) is 3.11. The smallest absolute Gasteiger partial charge is 0.143 e. The number of nitrogen functional groups attached to an aromatic ring is 1. The predicted octanol–water partition coefficient (Wildman–Crippen LogP) is 2.42. The summed E-state index contributed by atoms with van der Waals surface area (Å²) in [5, 5.41) is 3.44. The van der Waals surface area contributed by atoms with Gasteiger partial charge in [0.15, 0.2) is 0 Å². The first-order valence-electron chi connectivity index (χ1n) is 6.53. The maximum absolute atomic E-state index is 6.04. The number of hydrogen-bond acceptors (Lipinski definition) is 4. The lowest BCUT2D eigenvalue weighted by atomic mass is 10.2. The molecule has 0 saturated heterocycles. The summed E-state index contributed by atoms with van der Waals surface area (Å²) in [6.45, 7) is 9.65. The summed E-state index contributed by atoms with van der Waals surface area (Å²) in [6.07, 6.45) is 0. The van der Waals surface area contributed by atoms with Crippen LogP contribution in [0.5, 0.6) is 5.75 Å². The Labute approximate surface area is 110 Å². The second-order valence-electron chi connectivity index (χ2n) is 4.45. The topological polar surface area (TPSA) is 50.5 Å². The zero-order valence-electron chi connectivity index (χ0n) is 11.9. The molecule has 0 spiro atoms. The maximum Gasteiger partial charge on any atom is 0.143 e. The molecule has 1 aromatic rings. The van der Waals surface area contributed by atoms with E-state index in [4.69, 9.17) is 10.5 Å². The highest BCUT2D eigenvalue weighted by molar-refractivity contribution is 5.73. The van der Waals surface area contributed by atoms with Crippen molar-refractivity contribution in [2.75, 3.05) is 37.8 Å². The lowest BCUT2D eigenvalue weighted by Gasteiger charge is -2.24. The van der Waals surface area contributed by atoms with Gasteiger partial charge < -0.3 is 20.7 Å². The molecule has 0 fully saturated rings. The van der Waals surface area contributed by atoms with Crippen LogP contribution in [0.4, 0.5) is 11.4 Å². The number of nitrogens with one attached hydrogen (secondary N) is 1. The zero-order chi connectivity index (χ0) is 13.5. The van der Waals surface area contributed by atoms with Crippen molar-refractivity contribution in [1.29, 1.82) is 0 Å². The Bertz CT molecular complexity index is 364. The van der Waals surface area contributed by atoms with Gasteiger partial charge in [-0.05, 0) is 32.1 Å². The summed E-state index contributed by atoms with van der Waals surface area (Å²) in [7, 11) is 1.63. The number of ether oxygens (including phenoxy) is 1. The summed E-state index contributed by atoms with van der Waals surface area (Å²) < 4.78 is 5.22. The molecular weight excluding hydrogens is 226 g/mol. The molecule has 4 nitrogen and oxygen atoms in total. The second-order valence-corrected chi connectivity index (χ2v) is 4.45. The van der Waals surface area contributed by atoms with E-state index in [9.17, 15) is 0 Å². The van der Waals surface area contributed by atoms with E-state index in [0.717, 1.165) is 31.1 Å². The van der Waals surface area contributed by atoms with Crippen molar-refractivity contribution in [2.45, 2.75) is 26.8 Å². The van der Waals surface area contributed by atoms with Crippen LogP contribution in [0.25, 0.3) is 0 Å². The van der Waals surface area contributed by atoms with Gasteiger partial charge >= 0.3 is 0 Å². The summed E-state index contributed by atoms with van der Waals surface area (Å²) in [4.78, 5) is 2.38. The fourth-order valence-corrected chi connectivity index (χ4v) is 2.03. The number of benzene rings is 1. The third-order valence-corrected chi connectivity index (χ3v) is 3.11. The maximum atomic E-state index is 6.04. The van der Waals surface area contributed by atoms with E-state index < -0.39 is 0 Å². The fourth-order valence-electron chi connectivity index (χ4n) is 2.03. The number of anilines is 2. The van der Waals surface area contributed by atoms with Crippen LogP contribution in [0.1, 0.15) is 20.8 Å². The molecule has 0 aliphatic heterocycles. The van der Waals surface area contributed by atoms with Gasteiger partial charge in [0.2, 0.25) is 0 Å². The number of hydrogen-bond donors (Lipinski definition) is 2. The number of likely N-dealkylation sites (N-methyl/N-ethyl adjacent to an activating group) is 1. The highest BCUT2D eigenvalue weighted by Gasteiger charge is 2.10. The summed E-state index contributed by atoms with van der Waals surface area (Å²) in [5.74, 6) is 0.718. The first-order valence-corrected chi connectivity index (χ1v) is 6.53. The van der Waals surface area contributed by atoms with Crippen molar-refractivity contribution >= 4 is 11.4 Å². The van der Waals surface area contributed by atoms with E-state index in [-0.39, 0.29) is 0 Å². The molecule has 0 aliphatic rings. The highest BCUT2D eigenvalue weighted by atomic mass is 16.5. The van der Waals surface area contributed by atoms with Crippen LogP contribution in [-0.4, -0.2) is 37.7 Å². The highest BCUT2D eigenvalue weighted by Crippen LogP contribution is 2.29. The van der Waals surface area contributed by atoms with E-state index in [1.54, 1.807) is 7.11 Å². The average Bonchev–Trinajstić information content (AvgIpc) is 2.38. The van der Waals surface area contributed by atoms with E-state index in [2.05, 4.69) is 31.0 Å². The van der Waals surface area contributed by atoms with Gasteiger partial charge in [-0.25, -0.2) is 0 Å². The van der Waals surface area contributed by atoms with Crippen LogP contribution in [0.15, 0.2) is 18.2 Å². The minimum Gasteiger partial charge on any atom is -0.495 e. The Morgan fingerprint density at radius 1 is 1.33 bits per heavy atom. The van der Waals surface area contributed by atoms with Crippen LogP contribution in [0, 0.1) is 0 Å². The van der Waals surface area contributed by atoms with Crippen LogP contribution >= 0.6 is 0 Å². The molecule has 0 radical (unpaired) electrons. The average molecular weight is 251 g/mol. The van der Waals surface area contributed by atoms with E-state index >= 15 is 0 Å². The molecule has 1 unspecified atom stereocenters. The molecule has 1 aromatic carbocycles. The molecule has 1 atom stereocenters. The lowest BCUT2D eigenvalue weighted by Crippen LogP contribution is -2.34. The zero-order valence-corrected chi connectivity index (χ0v) is 11.9. The number of para-hydroxylation sites is 1. The molecule has 0 amide bonds. The Morgan fingerprint density at radius 2 is 2.00 bits per heavy atom. The molecule has 0 saturated carbocycles.